The molecule has 1 aromatic carbocycles. The van der Waals surface area contributed by atoms with Crippen molar-refractivity contribution in [2.45, 2.75) is 32.2 Å². The van der Waals surface area contributed by atoms with Gasteiger partial charge in [0.15, 0.2) is 0 Å². The quantitative estimate of drug-likeness (QED) is 0.663. The smallest absolute Gasteiger partial charge is 0.337 e. The number of carbonyl (C=O) groups excluding carboxylic acids is 2. The fourth-order valence-electron chi connectivity index (χ4n) is 2.58. The van der Waals surface area contributed by atoms with Crippen molar-refractivity contribution in [1.29, 1.82) is 0 Å². The molecule has 1 fully saturated rings. The summed E-state index contributed by atoms with van der Waals surface area (Å²) in [5, 5.41) is 0. The summed E-state index contributed by atoms with van der Waals surface area (Å²) in [6.07, 6.45) is 3.18. The van der Waals surface area contributed by atoms with Crippen LogP contribution in [0.15, 0.2) is 18.2 Å². The van der Waals surface area contributed by atoms with Crippen molar-refractivity contribution < 1.29 is 14.3 Å². The summed E-state index contributed by atoms with van der Waals surface area (Å²) in [5.41, 5.74) is 6.91. The summed E-state index contributed by atoms with van der Waals surface area (Å²) in [6, 6.07) is 4.89. The number of methoxy groups -OCH3 is 1. The molecule has 2 N–H and O–H groups in total. The minimum absolute atomic E-state index is 0.0744. The van der Waals surface area contributed by atoms with E-state index in [4.69, 9.17) is 5.73 Å². The molecule has 5 heteroatoms. The van der Waals surface area contributed by atoms with Gasteiger partial charge in [-0.1, -0.05) is 0 Å². The van der Waals surface area contributed by atoms with E-state index in [2.05, 4.69) is 4.74 Å². The summed E-state index contributed by atoms with van der Waals surface area (Å²) in [6.45, 7) is 2.80. The molecule has 0 spiro atoms. The summed E-state index contributed by atoms with van der Waals surface area (Å²) >= 11 is 0. The fourth-order valence-corrected chi connectivity index (χ4v) is 2.58. The lowest BCUT2D eigenvalue weighted by Gasteiger charge is -2.33. The van der Waals surface area contributed by atoms with Crippen molar-refractivity contribution in [3.8, 4) is 0 Å². The fraction of sp³-hybridized carbons (Fsp3) is 0.467. The molecule has 1 aliphatic heterocycles. The van der Waals surface area contributed by atoms with Gasteiger partial charge in [0.25, 0.3) is 5.91 Å². The second-order valence-electron chi connectivity index (χ2n) is 5.18. The van der Waals surface area contributed by atoms with E-state index in [9.17, 15) is 9.59 Å². The number of carbonyl (C=O) groups is 2. The van der Waals surface area contributed by atoms with E-state index in [-0.39, 0.29) is 11.9 Å². The van der Waals surface area contributed by atoms with Crippen LogP contribution in [-0.2, 0) is 4.74 Å². The van der Waals surface area contributed by atoms with E-state index < -0.39 is 5.97 Å². The average molecular weight is 276 g/mol. The van der Waals surface area contributed by atoms with E-state index in [1.807, 2.05) is 11.8 Å². The molecular weight excluding hydrogens is 256 g/mol. The number of hydrogen-bond acceptors (Lipinski definition) is 4. The van der Waals surface area contributed by atoms with Gasteiger partial charge in [0.05, 0.1) is 12.7 Å². The zero-order valence-corrected chi connectivity index (χ0v) is 11.9. The van der Waals surface area contributed by atoms with Gasteiger partial charge in [-0.05, 0) is 44.4 Å². The molecule has 108 valence electrons. The molecule has 0 aromatic heterocycles. The second kappa shape index (κ2) is 5.94. The number of nitrogens with zero attached hydrogens (tertiary/aromatic N) is 1. The topological polar surface area (TPSA) is 72.6 Å². The Morgan fingerprint density at radius 1 is 1.25 bits per heavy atom. The van der Waals surface area contributed by atoms with E-state index in [0.717, 1.165) is 25.8 Å². The van der Waals surface area contributed by atoms with E-state index in [0.29, 0.717) is 16.8 Å². The second-order valence-corrected chi connectivity index (χ2v) is 5.18. The molecule has 20 heavy (non-hydrogen) atoms. The van der Waals surface area contributed by atoms with Crippen LogP contribution in [0.5, 0.6) is 0 Å². The third kappa shape index (κ3) is 2.92. The van der Waals surface area contributed by atoms with Crippen molar-refractivity contribution in [2.75, 3.05) is 19.4 Å². The van der Waals surface area contributed by atoms with Crippen LogP contribution < -0.4 is 5.73 Å². The Balaban J connectivity index is 2.29. The third-order valence-corrected chi connectivity index (χ3v) is 3.69. The summed E-state index contributed by atoms with van der Waals surface area (Å²) in [4.78, 5) is 26.0. The van der Waals surface area contributed by atoms with Gasteiger partial charge in [-0.2, -0.15) is 0 Å². The molecule has 1 aromatic rings. The number of nitrogens with two attached hydrogens (primary N) is 1. The third-order valence-electron chi connectivity index (χ3n) is 3.69. The lowest BCUT2D eigenvalue weighted by molar-refractivity contribution is 0.0600. The van der Waals surface area contributed by atoms with E-state index in [1.165, 1.54) is 13.2 Å². The summed E-state index contributed by atoms with van der Waals surface area (Å²) in [5.74, 6) is -0.562. The van der Waals surface area contributed by atoms with Crippen molar-refractivity contribution >= 4 is 17.6 Å². The number of piperidine rings is 1. The molecule has 2 rings (SSSR count). The van der Waals surface area contributed by atoms with Gasteiger partial charge in [-0.3, -0.25) is 4.79 Å². The van der Waals surface area contributed by atoms with Gasteiger partial charge in [0.1, 0.15) is 0 Å². The normalized spacial score (nSPS) is 18.7. The molecule has 0 aliphatic carbocycles. The number of rotatable bonds is 2. The van der Waals surface area contributed by atoms with Gasteiger partial charge in [-0.25, -0.2) is 4.79 Å². The van der Waals surface area contributed by atoms with Crippen molar-refractivity contribution in [2.24, 2.45) is 0 Å². The van der Waals surface area contributed by atoms with Crippen LogP contribution in [0, 0.1) is 0 Å². The molecule has 1 saturated heterocycles. The first-order chi connectivity index (χ1) is 9.52. The maximum Gasteiger partial charge on any atom is 0.337 e. The zero-order valence-electron chi connectivity index (χ0n) is 11.9. The number of benzene rings is 1. The average Bonchev–Trinajstić information content (AvgIpc) is 2.45. The van der Waals surface area contributed by atoms with Crippen LogP contribution in [0.2, 0.25) is 0 Å². The Kier molecular flexibility index (Phi) is 4.27. The first kappa shape index (κ1) is 14.4. The molecular formula is C15H20N2O3. The van der Waals surface area contributed by atoms with Gasteiger partial charge < -0.3 is 15.4 Å². The lowest BCUT2D eigenvalue weighted by atomic mass is 10.0. The predicted octanol–water partition coefficient (Wildman–Crippen LogP) is 2.07. The molecule has 0 saturated carbocycles. The molecule has 1 heterocycles. The van der Waals surface area contributed by atoms with Gasteiger partial charge >= 0.3 is 5.97 Å². The number of ether oxygens (including phenoxy) is 1. The molecule has 0 bridgehead atoms. The first-order valence-electron chi connectivity index (χ1n) is 6.82. The zero-order chi connectivity index (χ0) is 14.7. The van der Waals surface area contributed by atoms with Crippen LogP contribution in [-0.4, -0.2) is 36.5 Å². The largest absolute Gasteiger partial charge is 0.465 e. The van der Waals surface area contributed by atoms with Crippen LogP contribution in [0.3, 0.4) is 0 Å². The highest BCUT2D eigenvalue weighted by Gasteiger charge is 2.25. The number of hydrogen-bond donors (Lipinski definition) is 1. The van der Waals surface area contributed by atoms with E-state index >= 15 is 0 Å². The Morgan fingerprint density at radius 3 is 2.60 bits per heavy atom. The molecule has 5 nitrogen and oxygen atoms in total. The van der Waals surface area contributed by atoms with Crippen LogP contribution in [0.25, 0.3) is 0 Å². The lowest BCUT2D eigenvalue weighted by Crippen LogP contribution is -2.42. The minimum atomic E-state index is -0.488. The summed E-state index contributed by atoms with van der Waals surface area (Å²) in [7, 11) is 1.31. The van der Waals surface area contributed by atoms with Crippen molar-refractivity contribution in [3.63, 3.8) is 0 Å². The standard InChI is InChI=1S/C15H20N2O3/c1-10-5-3-4-6-17(10)14(18)11-7-12(15(19)20-2)9-13(16)8-11/h7-10H,3-6,16H2,1-2H3. The number of likely N-dealkylation sites (tertiary alicyclic amines) is 1. The number of amides is 1. The maximum atomic E-state index is 12.5. The Labute approximate surface area is 118 Å². The van der Waals surface area contributed by atoms with Crippen LogP contribution >= 0.6 is 0 Å². The van der Waals surface area contributed by atoms with Crippen molar-refractivity contribution in [3.05, 3.63) is 29.3 Å². The van der Waals surface area contributed by atoms with Gasteiger partial charge in [-0.15, -0.1) is 0 Å². The SMILES string of the molecule is COC(=O)c1cc(N)cc(C(=O)N2CCCCC2C)c1. The number of esters is 1. The molecule has 0 radical (unpaired) electrons. The summed E-state index contributed by atoms with van der Waals surface area (Å²) < 4.78 is 4.67. The highest BCUT2D eigenvalue weighted by atomic mass is 16.5. The Bertz CT molecular complexity index is 528. The predicted molar refractivity (Wildman–Crippen MR) is 76.5 cm³/mol. The van der Waals surface area contributed by atoms with Crippen LogP contribution in [0.1, 0.15) is 46.9 Å². The molecule has 1 atom stereocenters. The van der Waals surface area contributed by atoms with Gasteiger partial charge in [0.2, 0.25) is 0 Å². The monoisotopic (exact) mass is 276 g/mol. The Hall–Kier alpha value is -2.04. The van der Waals surface area contributed by atoms with Gasteiger partial charge in [0, 0.05) is 23.8 Å². The maximum absolute atomic E-state index is 12.5. The molecule has 1 amide bonds. The highest BCUT2D eigenvalue weighted by molar-refractivity contribution is 5.99. The first-order valence-corrected chi connectivity index (χ1v) is 6.82. The highest BCUT2D eigenvalue weighted by Crippen LogP contribution is 2.21. The number of nitrogen functional groups attached to an aromatic ring is 1. The van der Waals surface area contributed by atoms with Crippen LogP contribution in [0.4, 0.5) is 5.69 Å². The molecule has 1 unspecified atom stereocenters. The molecule has 1 aliphatic rings. The minimum Gasteiger partial charge on any atom is -0.465 e. The Morgan fingerprint density at radius 2 is 1.95 bits per heavy atom. The number of anilines is 1. The van der Waals surface area contributed by atoms with Crippen molar-refractivity contribution in [1.82, 2.24) is 4.90 Å². The van der Waals surface area contributed by atoms with E-state index in [1.54, 1.807) is 12.1 Å².